The largest absolute Gasteiger partial charge is 0.461 e. The maximum Gasteiger partial charge on any atom is 0.422 e. The van der Waals surface area contributed by atoms with Crippen molar-refractivity contribution < 1.29 is 19.1 Å². The van der Waals surface area contributed by atoms with Crippen LogP contribution in [0.3, 0.4) is 0 Å². The monoisotopic (exact) mass is 270 g/mol. The van der Waals surface area contributed by atoms with E-state index in [4.69, 9.17) is 9.47 Å². The van der Waals surface area contributed by atoms with E-state index in [1.807, 2.05) is 0 Å². The second kappa shape index (κ2) is 5.36. The molecular weight excluding hydrogens is 248 g/mol. The van der Waals surface area contributed by atoms with E-state index < -0.39 is 11.7 Å². The molecule has 0 unspecified atom stereocenters. The van der Waals surface area contributed by atoms with Crippen LogP contribution in [0.4, 0.5) is 4.79 Å². The Morgan fingerprint density at radius 1 is 1.21 bits per heavy atom. The topological polar surface area (TPSA) is 67.9 Å². The first-order valence-electron chi connectivity index (χ1n) is 6.82. The van der Waals surface area contributed by atoms with Crippen molar-refractivity contribution in [2.45, 2.75) is 64.2 Å². The molecule has 0 aromatic rings. The minimum Gasteiger partial charge on any atom is -0.461 e. The van der Waals surface area contributed by atoms with Gasteiger partial charge in [-0.2, -0.15) is 0 Å². The highest BCUT2D eigenvalue weighted by Crippen LogP contribution is 2.25. The number of rotatable bonds is 3. The van der Waals surface area contributed by atoms with E-state index in [0.717, 1.165) is 19.3 Å². The zero-order chi connectivity index (χ0) is 14.0. The zero-order valence-electron chi connectivity index (χ0n) is 11.8. The molecule has 0 aromatic carbocycles. The fourth-order valence-electron chi connectivity index (χ4n) is 1.92. The number of carbonyl (C=O) groups is 2. The van der Waals surface area contributed by atoms with Crippen LogP contribution in [0.25, 0.3) is 0 Å². The first-order valence-corrected chi connectivity index (χ1v) is 6.82. The third kappa shape index (κ3) is 3.83. The third-order valence-electron chi connectivity index (χ3n) is 3.26. The minimum atomic E-state index is -0.545. The van der Waals surface area contributed by atoms with Crippen LogP contribution >= 0.6 is 0 Å². The third-order valence-corrected chi connectivity index (χ3v) is 3.26. The predicted molar refractivity (Wildman–Crippen MR) is 68.2 cm³/mol. The number of carbonyl (C=O) groups excluding carboxylic acids is 2. The summed E-state index contributed by atoms with van der Waals surface area (Å²) in [6, 6.07) is -0.367. The van der Waals surface area contributed by atoms with Gasteiger partial charge in [0.2, 0.25) is 0 Å². The Hall–Kier alpha value is -1.30. The van der Waals surface area contributed by atoms with Crippen molar-refractivity contribution in [2.75, 3.05) is 6.54 Å². The van der Waals surface area contributed by atoms with Gasteiger partial charge in [0, 0.05) is 6.54 Å². The van der Waals surface area contributed by atoms with E-state index >= 15 is 0 Å². The van der Waals surface area contributed by atoms with E-state index in [2.05, 4.69) is 5.43 Å². The maximum atomic E-state index is 11.8. The molecule has 2 aliphatic rings. The summed E-state index contributed by atoms with van der Waals surface area (Å²) in [5.74, 6) is -0.244. The molecule has 0 spiro atoms. The molecule has 1 saturated heterocycles. The highest BCUT2D eigenvalue weighted by Gasteiger charge is 2.39. The molecule has 1 aliphatic heterocycles. The van der Waals surface area contributed by atoms with Gasteiger partial charge in [-0.3, -0.25) is 10.2 Å². The summed E-state index contributed by atoms with van der Waals surface area (Å²) in [6.45, 7) is 6.03. The number of amides is 1. The predicted octanol–water partition coefficient (Wildman–Crippen LogP) is 1.60. The number of nitrogens with zero attached hydrogens (tertiary/aromatic N) is 1. The first kappa shape index (κ1) is 14.1. The van der Waals surface area contributed by atoms with Crippen molar-refractivity contribution in [1.82, 2.24) is 10.4 Å². The molecule has 1 saturated carbocycles. The molecule has 108 valence electrons. The fourth-order valence-corrected chi connectivity index (χ4v) is 1.92. The van der Waals surface area contributed by atoms with Gasteiger partial charge in [-0.25, -0.2) is 9.80 Å². The van der Waals surface area contributed by atoms with Crippen LogP contribution in [0.2, 0.25) is 0 Å². The highest BCUT2D eigenvalue weighted by atomic mass is 16.6. The fraction of sp³-hybridized carbons (Fsp3) is 0.846. The Morgan fingerprint density at radius 3 is 2.32 bits per heavy atom. The molecule has 1 amide bonds. The average Bonchev–Trinajstić information content (AvgIpc) is 2.16. The van der Waals surface area contributed by atoms with Crippen molar-refractivity contribution in [1.29, 1.82) is 0 Å². The lowest BCUT2D eigenvalue weighted by molar-refractivity contribution is -0.166. The normalized spacial score (nSPS) is 24.1. The second-order valence-corrected chi connectivity index (χ2v) is 6.10. The Morgan fingerprint density at radius 2 is 1.89 bits per heavy atom. The molecule has 19 heavy (non-hydrogen) atoms. The van der Waals surface area contributed by atoms with Crippen molar-refractivity contribution in [3.63, 3.8) is 0 Å². The molecule has 6 heteroatoms. The van der Waals surface area contributed by atoms with Gasteiger partial charge >= 0.3 is 12.1 Å². The molecule has 1 aliphatic carbocycles. The van der Waals surface area contributed by atoms with Gasteiger partial charge in [0.15, 0.2) is 0 Å². The number of esters is 1. The lowest BCUT2D eigenvalue weighted by atomic mass is 9.96. The summed E-state index contributed by atoms with van der Waals surface area (Å²) in [7, 11) is 0. The Kier molecular flexibility index (Phi) is 3.99. The number of nitrogens with one attached hydrogen (secondary N) is 1. The van der Waals surface area contributed by atoms with E-state index in [9.17, 15) is 9.59 Å². The SMILES string of the molecule is CC(C)(C)OC(=O)NN1CC[C@H]1C(=O)OC1CCC1. The van der Waals surface area contributed by atoms with Gasteiger partial charge in [-0.05, 0) is 46.5 Å². The minimum absolute atomic E-state index is 0.0801. The Balaban J connectivity index is 1.75. The van der Waals surface area contributed by atoms with E-state index in [1.165, 1.54) is 0 Å². The maximum absolute atomic E-state index is 11.8. The second-order valence-electron chi connectivity index (χ2n) is 6.10. The van der Waals surface area contributed by atoms with Crippen LogP contribution in [-0.2, 0) is 14.3 Å². The number of hydrogen-bond donors (Lipinski definition) is 1. The average molecular weight is 270 g/mol. The lowest BCUT2D eigenvalue weighted by Gasteiger charge is -2.40. The van der Waals surface area contributed by atoms with E-state index in [-0.39, 0.29) is 18.1 Å². The summed E-state index contributed by atoms with van der Waals surface area (Å²) >= 11 is 0. The summed E-state index contributed by atoms with van der Waals surface area (Å²) in [4.78, 5) is 23.4. The first-order chi connectivity index (χ1) is 8.85. The molecule has 2 fully saturated rings. The van der Waals surface area contributed by atoms with Crippen LogP contribution in [0.15, 0.2) is 0 Å². The van der Waals surface area contributed by atoms with Gasteiger partial charge in [0.1, 0.15) is 17.7 Å². The summed E-state index contributed by atoms with van der Waals surface area (Å²) < 4.78 is 10.5. The van der Waals surface area contributed by atoms with Crippen LogP contribution < -0.4 is 5.43 Å². The highest BCUT2D eigenvalue weighted by molar-refractivity contribution is 5.78. The molecular formula is C13H22N2O4. The molecule has 1 atom stereocenters. The van der Waals surface area contributed by atoms with Gasteiger partial charge in [0.25, 0.3) is 0 Å². The number of hydrazine groups is 1. The van der Waals surface area contributed by atoms with Gasteiger partial charge in [-0.1, -0.05) is 0 Å². The molecule has 1 N–H and O–H groups in total. The van der Waals surface area contributed by atoms with Crippen LogP contribution in [0, 0.1) is 0 Å². The van der Waals surface area contributed by atoms with Gasteiger partial charge in [0.05, 0.1) is 0 Å². The summed E-state index contributed by atoms with van der Waals surface area (Å²) in [5, 5.41) is 1.58. The quantitative estimate of drug-likeness (QED) is 0.789. The standard InChI is InChI=1S/C13H22N2O4/c1-13(2,3)19-12(17)14-15-8-7-10(15)11(16)18-9-5-4-6-9/h9-10H,4-8H2,1-3H3,(H,14,17)/t10-/m0/s1. The molecule has 0 aromatic heterocycles. The number of hydrogen-bond acceptors (Lipinski definition) is 5. The number of ether oxygens (including phenoxy) is 2. The van der Waals surface area contributed by atoms with Gasteiger partial charge < -0.3 is 9.47 Å². The molecule has 1 heterocycles. The smallest absolute Gasteiger partial charge is 0.422 e. The van der Waals surface area contributed by atoms with Crippen LogP contribution in [-0.4, -0.2) is 41.4 Å². The van der Waals surface area contributed by atoms with Crippen LogP contribution in [0.1, 0.15) is 46.5 Å². The lowest BCUT2D eigenvalue weighted by Crippen LogP contribution is -2.61. The van der Waals surface area contributed by atoms with Crippen LogP contribution in [0.5, 0.6) is 0 Å². The molecule has 2 rings (SSSR count). The van der Waals surface area contributed by atoms with E-state index in [1.54, 1.807) is 25.8 Å². The van der Waals surface area contributed by atoms with Gasteiger partial charge in [-0.15, -0.1) is 0 Å². The Bertz CT molecular complexity index is 360. The van der Waals surface area contributed by atoms with Crippen molar-refractivity contribution in [3.05, 3.63) is 0 Å². The zero-order valence-corrected chi connectivity index (χ0v) is 11.8. The van der Waals surface area contributed by atoms with Crippen molar-refractivity contribution in [3.8, 4) is 0 Å². The summed E-state index contributed by atoms with van der Waals surface area (Å²) in [6.07, 6.45) is 3.30. The Labute approximate surface area is 113 Å². The van der Waals surface area contributed by atoms with Crippen molar-refractivity contribution in [2.24, 2.45) is 0 Å². The van der Waals surface area contributed by atoms with E-state index in [0.29, 0.717) is 13.0 Å². The van der Waals surface area contributed by atoms with Crippen molar-refractivity contribution >= 4 is 12.1 Å². The molecule has 6 nitrogen and oxygen atoms in total. The molecule has 0 bridgehead atoms. The molecule has 0 radical (unpaired) electrons. The summed E-state index contributed by atoms with van der Waals surface area (Å²) in [5.41, 5.74) is 2.04.